The highest BCUT2D eigenvalue weighted by atomic mass is 16.5. The summed E-state index contributed by atoms with van der Waals surface area (Å²) >= 11 is 0. The molecule has 0 N–H and O–H groups in total. The minimum absolute atomic E-state index is 0.157. The van der Waals surface area contributed by atoms with Crippen molar-refractivity contribution >= 4 is 28.8 Å². The largest absolute Gasteiger partial charge is 0.469 e. The zero-order chi connectivity index (χ0) is 20.1. The predicted octanol–water partition coefficient (Wildman–Crippen LogP) is 2.19. The average Bonchev–Trinajstić information content (AvgIpc) is 2.73. The van der Waals surface area contributed by atoms with Crippen LogP contribution in [0.2, 0.25) is 0 Å². The summed E-state index contributed by atoms with van der Waals surface area (Å²) < 4.78 is 9.89. The number of piperidine rings is 1. The van der Waals surface area contributed by atoms with Gasteiger partial charge in [-0.15, -0.1) is 0 Å². The molecule has 1 saturated heterocycles. The quantitative estimate of drug-likeness (QED) is 0.725. The number of benzene rings is 1. The van der Waals surface area contributed by atoms with Crippen LogP contribution in [0.3, 0.4) is 0 Å². The first kappa shape index (κ1) is 19.5. The number of methoxy groups -OCH3 is 1. The number of aromatic nitrogens is 2. The first-order valence-corrected chi connectivity index (χ1v) is 9.24. The Labute approximate surface area is 163 Å². The number of nitriles is 1. The summed E-state index contributed by atoms with van der Waals surface area (Å²) in [6.45, 7) is 2.98. The first-order chi connectivity index (χ1) is 13.6. The fourth-order valence-electron chi connectivity index (χ4n) is 3.38. The van der Waals surface area contributed by atoms with Crippen molar-refractivity contribution in [3.63, 3.8) is 0 Å². The maximum Gasteiger partial charge on any atom is 0.329 e. The predicted molar refractivity (Wildman–Crippen MR) is 101 cm³/mol. The summed E-state index contributed by atoms with van der Waals surface area (Å²) in [5, 5.41) is 9.62. The van der Waals surface area contributed by atoms with Crippen LogP contribution in [-0.2, 0) is 19.1 Å². The van der Waals surface area contributed by atoms with Gasteiger partial charge < -0.3 is 14.4 Å². The van der Waals surface area contributed by atoms with E-state index in [9.17, 15) is 14.9 Å². The van der Waals surface area contributed by atoms with Gasteiger partial charge in [-0.3, -0.25) is 9.59 Å². The maximum atomic E-state index is 12.3. The molecule has 0 unspecified atom stereocenters. The van der Waals surface area contributed by atoms with Gasteiger partial charge in [-0.2, -0.15) is 5.26 Å². The molecule has 1 aromatic carbocycles. The number of esters is 2. The topological polar surface area (TPSA) is 105 Å². The van der Waals surface area contributed by atoms with Crippen LogP contribution in [-0.4, -0.2) is 48.7 Å². The molecular formula is C20H22N4O4. The summed E-state index contributed by atoms with van der Waals surface area (Å²) in [6.07, 6.45) is 1.22. The van der Waals surface area contributed by atoms with Gasteiger partial charge in [0.05, 0.1) is 36.7 Å². The highest BCUT2D eigenvalue weighted by Gasteiger charge is 2.32. The number of hydrogen-bond donors (Lipinski definition) is 0. The molecule has 8 nitrogen and oxygen atoms in total. The summed E-state index contributed by atoms with van der Waals surface area (Å²) in [4.78, 5) is 35.4. The van der Waals surface area contributed by atoms with Crippen molar-refractivity contribution in [2.75, 3.05) is 31.7 Å². The van der Waals surface area contributed by atoms with Crippen LogP contribution in [0.4, 0.5) is 5.82 Å². The Morgan fingerprint density at radius 2 is 1.89 bits per heavy atom. The minimum Gasteiger partial charge on any atom is -0.469 e. The molecule has 0 radical (unpaired) electrons. The molecule has 2 aromatic rings. The number of nitrogens with zero attached hydrogens (tertiary/aromatic N) is 4. The van der Waals surface area contributed by atoms with Crippen LogP contribution in [0.25, 0.3) is 11.0 Å². The number of carbonyl (C=O) groups is 2. The molecule has 3 rings (SSSR count). The average molecular weight is 382 g/mol. The van der Waals surface area contributed by atoms with Gasteiger partial charge in [0, 0.05) is 13.1 Å². The molecule has 0 bridgehead atoms. The molecule has 2 heterocycles. The normalized spacial score (nSPS) is 15.7. The lowest BCUT2D eigenvalue weighted by Gasteiger charge is -2.32. The van der Waals surface area contributed by atoms with E-state index in [2.05, 4.69) is 9.97 Å². The molecule has 28 heavy (non-hydrogen) atoms. The van der Waals surface area contributed by atoms with Crippen LogP contribution in [0, 0.1) is 17.2 Å². The fourth-order valence-corrected chi connectivity index (χ4v) is 3.38. The van der Waals surface area contributed by atoms with E-state index >= 15 is 0 Å². The van der Waals surface area contributed by atoms with E-state index in [1.54, 1.807) is 13.0 Å². The third-order valence-corrected chi connectivity index (χ3v) is 4.83. The molecule has 1 aliphatic rings. The van der Waals surface area contributed by atoms with E-state index in [1.807, 2.05) is 29.2 Å². The molecule has 1 aromatic heterocycles. The molecule has 0 saturated carbocycles. The summed E-state index contributed by atoms with van der Waals surface area (Å²) in [5.41, 5.74) is 1.57. The van der Waals surface area contributed by atoms with E-state index in [-0.39, 0.29) is 24.2 Å². The van der Waals surface area contributed by atoms with E-state index in [0.29, 0.717) is 42.8 Å². The molecule has 1 fully saturated rings. The lowest BCUT2D eigenvalue weighted by atomic mass is 9.96. The van der Waals surface area contributed by atoms with E-state index in [4.69, 9.17) is 9.47 Å². The summed E-state index contributed by atoms with van der Waals surface area (Å²) in [6, 6.07) is 9.32. The number of carbonyl (C=O) groups excluding carboxylic acids is 2. The van der Waals surface area contributed by atoms with Crippen molar-refractivity contribution in [3.05, 3.63) is 30.0 Å². The second-order valence-electron chi connectivity index (χ2n) is 6.52. The zero-order valence-corrected chi connectivity index (χ0v) is 15.9. The molecule has 8 heteroatoms. The molecule has 1 aliphatic heterocycles. The lowest BCUT2D eigenvalue weighted by Crippen LogP contribution is -2.38. The standard InChI is InChI=1S/C20H22N4O4/c1-3-28-20(26)14(12-21)17-18(23-16-7-5-4-6-15(16)22-17)24-10-8-13(9-11-24)19(25)27-2/h4-7,13-14H,3,8-11H2,1-2H3/t14-/m0/s1. The monoisotopic (exact) mass is 382 g/mol. The second-order valence-corrected chi connectivity index (χ2v) is 6.52. The number of anilines is 1. The Hall–Kier alpha value is -3.21. The van der Waals surface area contributed by atoms with Gasteiger partial charge in [-0.1, -0.05) is 12.1 Å². The van der Waals surface area contributed by atoms with Crippen molar-refractivity contribution in [1.82, 2.24) is 9.97 Å². The van der Waals surface area contributed by atoms with Crippen LogP contribution in [0.15, 0.2) is 24.3 Å². The second kappa shape index (κ2) is 8.65. The molecule has 0 amide bonds. The van der Waals surface area contributed by atoms with E-state index in [0.717, 1.165) is 0 Å². The van der Waals surface area contributed by atoms with Gasteiger partial charge in [0.2, 0.25) is 0 Å². The highest BCUT2D eigenvalue weighted by molar-refractivity contribution is 5.85. The molecule has 1 atom stereocenters. The third kappa shape index (κ3) is 3.88. The van der Waals surface area contributed by atoms with Crippen LogP contribution in [0.5, 0.6) is 0 Å². The van der Waals surface area contributed by atoms with Crippen LogP contribution >= 0.6 is 0 Å². The first-order valence-electron chi connectivity index (χ1n) is 9.24. The van der Waals surface area contributed by atoms with Crippen molar-refractivity contribution < 1.29 is 19.1 Å². The van der Waals surface area contributed by atoms with Crippen LogP contribution in [0.1, 0.15) is 31.4 Å². The minimum atomic E-state index is -1.16. The highest BCUT2D eigenvalue weighted by Crippen LogP contribution is 2.31. The number of ether oxygens (including phenoxy) is 2. The Morgan fingerprint density at radius 1 is 1.25 bits per heavy atom. The maximum absolute atomic E-state index is 12.3. The lowest BCUT2D eigenvalue weighted by molar-refractivity contribution is -0.146. The molecular weight excluding hydrogens is 360 g/mol. The summed E-state index contributed by atoms with van der Waals surface area (Å²) in [5.74, 6) is -1.69. The van der Waals surface area contributed by atoms with Crippen molar-refractivity contribution in [1.29, 1.82) is 5.26 Å². The molecule has 0 spiro atoms. The SMILES string of the molecule is CCOC(=O)[C@@H](C#N)c1nc2ccccc2nc1N1CCC(C(=O)OC)CC1. The molecule has 0 aliphatic carbocycles. The fraction of sp³-hybridized carbons (Fsp3) is 0.450. The van der Waals surface area contributed by atoms with E-state index in [1.165, 1.54) is 7.11 Å². The number of fused-ring (bicyclic) bond motifs is 1. The van der Waals surface area contributed by atoms with Gasteiger partial charge >= 0.3 is 11.9 Å². The van der Waals surface area contributed by atoms with E-state index < -0.39 is 11.9 Å². The molecule has 146 valence electrons. The Kier molecular flexibility index (Phi) is 6.04. The van der Waals surface area contributed by atoms with Gasteiger partial charge in [-0.05, 0) is 31.9 Å². The van der Waals surface area contributed by atoms with Gasteiger partial charge in [0.1, 0.15) is 5.69 Å². The van der Waals surface area contributed by atoms with Crippen molar-refractivity contribution in [2.45, 2.75) is 25.7 Å². The number of para-hydroxylation sites is 2. The zero-order valence-electron chi connectivity index (χ0n) is 15.9. The van der Waals surface area contributed by atoms with Gasteiger partial charge in [0.15, 0.2) is 11.7 Å². The smallest absolute Gasteiger partial charge is 0.329 e. The van der Waals surface area contributed by atoms with Crippen molar-refractivity contribution in [2.24, 2.45) is 5.92 Å². The Bertz CT molecular complexity index is 916. The Morgan fingerprint density at radius 3 is 2.46 bits per heavy atom. The number of hydrogen-bond acceptors (Lipinski definition) is 8. The summed E-state index contributed by atoms with van der Waals surface area (Å²) in [7, 11) is 1.39. The third-order valence-electron chi connectivity index (χ3n) is 4.83. The number of rotatable bonds is 5. The van der Waals surface area contributed by atoms with Crippen LogP contribution < -0.4 is 4.90 Å². The van der Waals surface area contributed by atoms with Gasteiger partial charge in [-0.25, -0.2) is 9.97 Å². The van der Waals surface area contributed by atoms with Crippen molar-refractivity contribution in [3.8, 4) is 6.07 Å². The Balaban J connectivity index is 1.99. The van der Waals surface area contributed by atoms with Gasteiger partial charge in [0.25, 0.3) is 0 Å².